The fraction of sp³-hybridized carbons (Fsp3) is 0.455. The van der Waals surface area contributed by atoms with Crippen LogP contribution in [-0.2, 0) is 9.59 Å². The molecule has 0 heterocycles. The molecule has 2 amide bonds. The highest BCUT2D eigenvalue weighted by Gasteiger charge is 2.23. The zero-order chi connectivity index (χ0) is 12.9. The van der Waals surface area contributed by atoms with Crippen LogP contribution in [0.25, 0.3) is 0 Å². The van der Waals surface area contributed by atoms with Crippen molar-refractivity contribution in [1.29, 1.82) is 0 Å². The first kappa shape index (κ1) is 14.4. The van der Waals surface area contributed by atoms with Crippen LogP contribution >= 0.6 is 0 Å². The van der Waals surface area contributed by atoms with Gasteiger partial charge >= 0.3 is 0 Å². The maximum atomic E-state index is 11.2. The quantitative estimate of drug-likeness (QED) is 0.459. The van der Waals surface area contributed by atoms with Crippen molar-refractivity contribution >= 4 is 11.8 Å². The van der Waals surface area contributed by atoms with E-state index in [0.29, 0.717) is 5.57 Å². The minimum atomic E-state index is -1.51. The van der Waals surface area contributed by atoms with Crippen LogP contribution in [0.4, 0.5) is 0 Å². The van der Waals surface area contributed by atoms with Crippen LogP contribution < -0.4 is 10.6 Å². The van der Waals surface area contributed by atoms with Gasteiger partial charge < -0.3 is 15.7 Å². The van der Waals surface area contributed by atoms with Crippen molar-refractivity contribution in [1.82, 2.24) is 10.6 Å². The van der Waals surface area contributed by atoms with Gasteiger partial charge in [0.15, 0.2) is 5.72 Å². The first-order valence-electron chi connectivity index (χ1n) is 4.80. The molecule has 0 bridgehead atoms. The lowest BCUT2D eigenvalue weighted by atomic mass is 10.2. The van der Waals surface area contributed by atoms with E-state index >= 15 is 0 Å². The van der Waals surface area contributed by atoms with Gasteiger partial charge in [0.05, 0.1) is 6.54 Å². The van der Waals surface area contributed by atoms with E-state index in [-0.39, 0.29) is 18.0 Å². The number of aliphatic hydroxyl groups is 1. The highest BCUT2D eigenvalue weighted by molar-refractivity contribution is 5.93. The number of amides is 2. The van der Waals surface area contributed by atoms with Crippen LogP contribution in [-0.4, -0.2) is 29.2 Å². The van der Waals surface area contributed by atoms with Crippen LogP contribution in [0.5, 0.6) is 0 Å². The van der Waals surface area contributed by atoms with Gasteiger partial charge in [0.25, 0.3) is 0 Å². The molecular weight excluding hydrogens is 208 g/mol. The Morgan fingerprint density at radius 2 is 1.62 bits per heavy atom. The van der Waals surface area contributed by atoms with E-state index in [4.69, 9.17) is 0 Å². The van der Waals surface area contributed by atoms with E-state index in [1.165, 1.54) is 13.8 Å². The highest BCUT2D eigenvalue weighted by atomic mass is 16.3. The summed E-state index contributed by atoms with van der Waals surface area (Å²) in [7, 11) is 0. The molecular formula is C11H18N2O3. The molecule has 0 aromatic heterocycles. The van der Waals surface area contributed by atoms with Crippen molar-refractivity contribution in [2.24, 2.45) is 0 Å². The fourth-order valence-electron chi connectivity index (χ4n) is 0.799. The maximum Gasteiger partial charge on any atom is 0.248 e. The summed E-state index contributed by atoms with van der Waals surface area (Å²) in [5.74, 6) is -0.834. The number of carbonyl (C=O) groups is 2. The van der Waals surface area contributed by atoms with Gasteiger partial charge in [0.2, 0.25) is 11.8 Å². The van der Waals surface area contributed by atoms with Crippen molar-refractivity contribution < 1.29 is 14.7 Å². The van der Waals surface area contributed by atoms with E-state index in [1.54, 1.807) is 6.92 Å². The summed E-state index contributed by atoms with van der Waals surface area (Å²) in [5.41, 5.74) is -0.894. The van der Waals surface area contributed by atoms with E-state index in [9.17, 15) is 14.7 Å². The number of rotatable bonds is 5. The molecule has 0 radical (unpaired) electrons. The second-order valence-corrected chi connectivity index (χ2v) is 3.97. The zero-order valence-electron chi connectivity index (χ0n) is 9.89. The van der Waals surface area contributed by atoms with Crippen molar-refractivity contribution in [2.75, 3.05) is 6.54 Å². The smallest absolute Gasteiger partial charge is 0.248 e. The third-order valence-corrected chi connectivity index (χ3v) is 1.75. The van der Waals surface area contributed by atoms with Gasteiger partial charge in [-0.05, 0) is 20.8 Å². The van der Waals surface area contributed by atoms with Crippen molar-refractivity contribution in [2.45, 2.75) is 26.5 Å². The Morgan fingerprint density at radius 1 is 1.19 bits per heavy atom. The number of hydrogen-bond donors (Lipinski definition) is 3. The Morgan fingerprint density at radius 3 is 2.00 bits per heavy atom. The van der Waals surface area contributed by atoms with E-state index in [2.05, 4.69) is 23.8 Å². The molecule has 0 saturated carbocycles. The predicted octanol–water partition coefficient (Wildman–Crippen LogP) is 0.0795. The first-order chi connectivity index (χ1) is 7.15. The van der Waals surface area contributed by atoms with Crippen LogP contribution in [0.15, 0.2) is 24.3 Å². The molecule has 3 N–H and O–H groups in total. The average Bonchev–Trinajstić information content (AvgIpc) is 2.13. The van der Waals surface area contributed by atoms with E-state index in [1.807, 2.05) is 0 Å². The van der Waals surface area contributed by atoms with Gasteiger partial charge in [-0.3, -0.25) is 9.59 Å². The highest BCUT2D eigenvalue weighted by Crippen LogP contribution is 1.99. The Balaban J connectivity index is 4.25. The maximum absolute atomic E-state index is 11.2. The molecule has 5 heteroatoms. The second-order valence-electron chi connectivity index (χ2n) is 3.97. The van der Waals surface area contributed by atoms with Gasteiger partial charge in [0, 0.05) is 11.1 Å². The summed E-state index contributed by atoms with van der Waals surface area (Å²) in [6, 6.07) is 0. The first-order valence-corrected chi connectivity index (χ1v) is 4.80. The number of carbonyl (C=O) groups excluding carboxylic acids is 2. The third-order valence-electron chi connectivity index (χ3n) is 1.75. The molecule has 0 aliphatic heterocycles. The summed E-state index contributed by atoms with van der Waals surface area (Å²) < 4.78 is 0. The summed E-state index contributed by atoms with van der Waals surface area (Å²) in [6.45, 7) is 11.2. The van der Waals surface area contributed by atoms with Crippen molar-refractivity contribution in [3.63, 3.8) is 0 Å². The number of nitrogens with one attached hydrogen (secondary N) is 2. The number of hydrogen-bond acceptors (Lipinski definition) is 3. The normalized spacial score (nSPS) is 13.5. The van der Waals surface area contributed by atoms with Gasteiger partial charge in [-0.1, -0.05) is 13.2 Å². The van der Waals surface area contributed by atoms with Gasteiger partial charge in [-0.2, -0.15) is 0 Å². The third kappa shape index (κ3) is 5.31. The molecule has 0 aromatic carbocycles. The molecule has 16 heavy (non-hydrogen) atoms. The van der Waals surface area contributed by atoms with Crippen LogP contribution in [0.3, 0.4) is 0 Å². The second kappa shape index (κ2) is 5.46. The van der Waals surface area contributed by atoms with Gasteiger partial charge in [-0.15, -0.1) is 0 Å². The Hall–Kier alpha value is -1.62. The molecule has 0 rings (SSSR count). The molecule has 0 saturated heterocycles. The molecule has 0 aromatic rings. The SMILES string of the molecule is C=C(C)C(=O)NCC(C)(O)NC(=O)C(=C)C. The summed E-state index contributed by atoms with van der Waals surface area (Å²) >= 11 is 0. The summed E-state index contributed by atoms with van der Waals surface area (Å²) in [4.78, 5) is 22.4. The zero-order valence-corrected chi connectivity index (χ0v) is 9.89. The fourth-order valence-corrected chi connectivity index (χ4v) is 0.799. The average molecular weight is 226 g/mol. The molecule has 0 aliphatic rings. The monoisotopic (exact) mass is 226 g/mol. The molecule has 0 spiro atoms. The van der Waals surface area contributed by atoms with Gasteiger partial charge in [0.1, 0.15) is 0 Å². The lowest BCUT2D eigenvalue weighted by molar-refractivity contribution is -0.126. The Labute approximate surface area is 95.2 Å². The summed E-state index contributed by atoms with van der Waals surface area (Å²) in [5, 5.41) is 14.5. The predicted molar refractivity (Wildman–Crippen MR) is 61.4 cm³/mol. The summed E-state index contributed by atoms with van der Waals surface area (Å²) in [6.07, 6.45) is 0. The minimum absolute atomic E-state index is 0.0995. The largest absolute Gasteiger partial charge is 0.369 e. The Bertz CT molecular complexity index is 332. The van der Waals surface area contributed by atoms with Crippen molar-refractivity contribution in [3.8, 4) is 0 Å². The van der Waals surface area contributed by atoms with E-state index < -0.39 is 11.6 Å². The lowest BCUT2D eigenvalue weighted by Gasteiger charge is -2.25. The Kier molecular flexibility index (Phi) is 4.91. The van der Waals surface area contributed by atoms with Crippen molar-refractivity contribution in [3.05, 3.63) is 24.3 Å². The van der Waals surface area contributed by atoms with Crippen LogP contribution in [0, 0.1) is 0 Å². The lowest BCUT2D eigenvalue weighted by Crippen LogP contribution is -2.53. The molecule has 5 nitrogen and oxygen atoms in total. The topological polar surface area (TPSA) is 78.4 Å². The van der Waals surface area contributed by atoms with Crippen LogP contribution in [0.2, 0.25) is 0 Å². The standard InChI is InChI=1S/C11H18N2O3/c1-7(2)9(14)12-6-11(5,16)13-10(15)8(3)4/h16H,1,3,6H2,2,4-5H3,(H,12,14)(H,13,15). The van der Waals surface area contributed by atoms with Crippen LogP contribution in [0.1, 0.15) is 20.8 Å². The molecule has 1 atom stereocenters. The molecule has 1 unspecified atom stereocenters. The van der Waals surface area contributed by atoms with E-state index in [0.717, 1.165) is 0 Å². The minimum Gasteiger partial charge on any atom is -0.369 e. The molecule has 90 valence electrons. The van der Waals surface area contributed by atoms with Gasteiger partial charge in [-0.25, -0.2) is 0 Å². The molecule has 0 fully saturated rings. The molecule has 0 aliphatic carbocycles.